The Kier molecular flexibility index (Phi) is 19.6. The Balaban J connectivity index is 0.000000105. The zero-order valence-electron chi connectivity index (χ0n) is 83.6. The molecule has 0 fully saturated rings. The van der Waals surface area contributed by atoms with Crippen molar-refractivity contribution < 1.29 is 4.42 Å². The van der Waals surface area contributed by atoms with Crippen LogP contribution in [0.5, 0.6) is 0 Å². The van der Waals surface area contributed by atoms with Crippen molar-refractivity contribution in [2.75, 3.05) is 0 Å². The Morgan fingerprint density at radius 2 is 0.523 bits per heavy atom. The maximum absolute atomic E-state index is 6.30. The van der Waals surface area contributed by atoms with E-state index in [1.54, 1.807) is 0 Å². The predicted molar refractivity (Wildman–Crippen MR) is 627 cm³/mol. The molecule has 8 aromatic heterocycles. The third-order valence-corrected chi connectivity index (χ3v) is 42.4. The molecule has 3 aliphatic heterocycles. The van der Waals surface area contributed by atoms with E-state index in [1.807, 2.05) is 12.1 Å². The van der Waals surface area contributed by atoms with Gasteiger partial charge in [0.2, 0.25) is 0 Å². The molecule has 149 heavy (non-hydrogen) atoms. The summed E-state index contributed by atoms with van der Waals surface area (Å²) < 4.78 is 15.9. The number of fused-ring (bicyclic) bond motifs is 30. The van der Waals surface area contributed by atoms with Crippen LogP contribution in [-0.2, 0) is 5.41 Å². The van der Waals surface area contributed by atoms with Crippen LogP contribution in [0, 0.1) is 0 Å². The van der Waals surface area contributed by atoms with Gasteiger partial charge in [-0.05, 0) is 188 Å². The lowest BCUT2D eigenvalue weighted by Crippen LogP contribution is -2.50. The molecule has 0 saturated carbocycles. The maximum atomic E-state index is 6.30. The topological polar surface area (TPSA) is 110 Å². The van der Waals surface area contributed by atoms with Crippen molar-refractivity contribution in [2.24, 2.45) is 0 Å². The van der Waals surface area contributed by atoms with Crippen LogP contribution in [0.25, 0.3) is 244 Å². The van der Waals surface area contributed by atoms with E-state index in [1.165, 1.54) is 163 Å². The summed E-state index contributed by atoms with van der Waals surface area (Å²) in [5.74, 6) is 2.33. The number of rotatable bonds is 10. The van der Waals surface area contributed by atoms with Crippen LogP contribution in [0.3, 0.4) is 0 Å². The highest BCUT2D eigenvalue weighted by molar-refractivity contribution is 7.04. The second-order valence-electron chi connectivity index (χ2n) is 42.2. The van der Waals surface area contributed by atoms with Gasteiger partial charge in [0.05, 0.1) is 61.2 Å². The van der Waals surface area contributed by atoms with Crippen molar-refractivity contribution in [1.82, 2.24) is 48.2 Å². The van der Waals surface area contributed by atoms with Crippen LogP contribution in [0.4, 0.5) is 0 Å². The van der Waals surface area contributed by atoms with Crippen LogP contribution in [0.15, 0.2) is 453 Å². The molecule has 1 aliphatic carbocycles. The molecular formula is C135H98N10OSi3. The summed E-state index contributed by atoms with van der Waals surface area (Å²) in [5.41, 5.74) is 38.2. The lowest BCUT2D eigenvalue weighted by molar-refractivity contribution is 0.661. The lowest BCUT2D eigenvalue weighted by Gasteiger charge is -2.21. The van der Waals surface area contributed by atoms with Crippen LogP contribution in [0.1, 0.15) is 25.0 Å². The van der Waals surface area contributed by atoms with Gasteiger partial charge < -0.3 is 22.7 Å². The molecule has 4 aliphatic rings. The Hall–Kier alpha value is -17.9. The Morgan fingerprint density at radius 1 is 0.208 bits per heavy atom. The minimum Gasteiger partial charge on any atom is -0.456 e. The summed E-state index contributed by atoms with van der Waals surface area (Å²) in [6.07, 6.45) is 0. The average Bonchev–Trinajstić information content (AvgIpc) is 1.55. The van der Waals surface area contributed by atoms with Gasteiger partial charge in [-0.3, -0.25) is 0 Å². The van der Waals surface area contributed by atoms with Gasteiger partial charge >= 0.3 is 0 Å². The number of furan rings is 1. The number of hydrogen-bond acceptors (Lipinski definition) is 7. The number of para-hydroxylation sites is 6. The molecule has 0 bridgehead atoms. The van der Waals surface area contributed by atoms with Crippen molar-refractivity contribution >= 4 is 165 Å². The largest absolute Gasteiger partial charge is 0.456 e. The smallest absolute Gasteiger partial charge is 0.159 e. The summed E-state index contributed by atoms with van der Waals surface area (Å²) >= 11 is 0. The molecule has 0 spiro atoms. The highest BCUT2D eigenvalue weighted by Crippen LogP contribution is 2.55. The molecule has 706 valence electrons. The number of benzene rings is 19. The first-order valence-electron chi connectivity index (χ1n) is 51.6. The fraction of sp³-hybridized carbons (Fsp3) is 0.0667. The molecule has 14 heteroatoms. The molecule has 11 heterocycles. The molecule has 27 aromatic rings. The van der Waals surface area contributed by atoms with Crippen molar-refractivity contribution in [3.05, 3.63) is 460 Å². The highest BCUT2D eigenvalue weighted by Gasteiger charge is 2.46. The van der Waals surface area contributed by atoms with Crippen molar-refractivity contribution in [2.45, 2.75) is 58.5 Å². The summed E-state index contributed by atoms with van der Waals surface area (Å²) in [5, 5.41) is 20.3. The molecule has 0 unspecified atom stereocenters. The highest BCUT2D eigenvalue weighted by atomic mass is 28.3. The first-order chi connectivity index (χ1) is 73.0. The molecule has 0 atom stereocenters. The minimum absolute atomic E-state index is 0.0434. The molecule has 19 aromatic carbocycles. The van der Waals surface area contributed by atoms with Gasteiger partial charge in [-0.1, -0.05) is 369 Å². The first kappa shape index (κ1) is 87.6. The Labute approximate surface area is 864 Å². The summed E-state index contributed by atoms with van der Waals surface area (Å²) in [6.45, 7) is 19.2. The molecule has 0 N–H and O–H groups in total. The summed E-state index contributed by atoms with van der Waals surface area (Å²) in [6, 6.07) is 161. The van der Waals surface area contributed by atoms with E-state index >= 15 is 0 Å². The second kappa shape index (κ2) is 33.3. The SMILES string of the molecule is CC1(C)c2ccccc2-c2c1ccc1c2c2ccccc2n1-c1ccc(-c2nc(-c3ccccc3)c3c(n2)[Si](C)(C)c2ccccc2-3)cc1.C[Si]1(C)c2ccccc2-c2c(-c3ccccc3)nc(-c3ccc(-n4c5ccccc5c5c6c7ccccc7n(-c7ccccc7)c6ccc54)cc3)nc21.C[Si]1(C)c2ccccc2-c2c(-c3ccccc3)nc(-c3cccc(-n4c5ccccc5c5c6c(ccc54)oc4ccccc46)c3)nc21. The van der Waals surface area contributed by atoms with E-state index in [2.05, 4.69) is 508 Å². The van der Waals surface area contributed by atoms with Crippen LogP contribution in [-0.4, -0.2) is 72.4 Å². The molecular weight excluding hydrogens is 1860 g/mol. The summed E-state index contributed by atoms with van der Waals surface area (Å²) in [4.78, 5) is 32.2. The zero-order valence-corrected chi connectivity index (χ0v) is 86.6. The lowest BCUT2D eigenvalue weighted by atomic mass is 9.82. The average molecular weight is 1960 g/mol. The number of aromatic nitrogens is 10. The van der Waals surface area contributed by atoms with Gasteiger partial charge in [0.1, 0.15) is 35.4 Å². The number of hydrogen-bond donors (Lipinski definition) is 0. The van der Waals surface area contributed by atoms with E-state index < -0.39 is 24.2 Å². The predicted octanol–water partition coefficient (Wildman–Crippen LogP) is 30.4. The van der Waals surface area contributed by atoms with Crippen molar-refractivity contribution in [1.29, 1.82) is 0 Å². The van der Waals surface area contributed by atoms with Crippen molar-refractivity contribution in [3.8, 4) is 135 Å². The fourth-order valence-corrected chi connectivity index (χ4v) is 34.2. The van der Waals surface area contributed by atoms with E-state index in [0.29, 0.717) is 0 Å². The molecule has 0 amide bonds. The Bertz CT molecular complexity index is 10300. The standard InChI is InChI=1S/C48H34N4Si.C45H35N3Si.C42H29N3OSi/c1-53(2)42-24-14-11-21-37(42)45-46(31-15-5-3-6-16-31)49-47(50-48(45)53)32-25-27-34(28-26-32)52-39-23-13-10-20-36(39)44-41(52)30-29-40-43(44)35-19-9-12-22-38(35)51(40)33-17-7-4-8-18-33;1-45(2)34-19-11-8-16-31(34)39-35(45)26-27-37-40(39)32-17-9-12-20-36(32)48(37)30-24-22-29(23-25-30)43-46-42(28-14-6-5-7-15-28)41-33-18-10-13-21-38(33)49(3,4)44(41)47-43;1-47(2)36-22-11-8-19-31(36)39-40(26-13-4-3-5-14-26)43-41(44-42(39)47)27-15-12-16-28(25-27)45-32-20-9-6-17-29(32)37-33(45)23-24-35-38(37)30-18-7-10-21-34(30)46-35/h3-30H,1-2H3;5-27H,1-4H3;3-25H,1-2H3. The van der Waals surface area contributed by atoms with Gasteiger partial charge in [-0.25, -0.2) is 29.9 Å². The van der Waals surface area contributed by atoms with Crippen LogP contribution < -0.4 is 31.5 Å². The molecule has 31 rings (SSSR count). The quantitative estimate of drug-likeness (QED) is 0.125. The molecule has 11 nitrogen and oxygen atoms in total. The molecule has 0 saturated heterocycles. The Morgan fingerprint density at radius 3 is 0.966 bits per heavy atom. The van der Waals surface area contributed by atoms with Gasteiger partial charge in [-0.15, -0.1) is 0 Å². The zero-order chi connectivity index (χ0) is 99.6. The fourth-order valence-electron chi connectivity index (χ4n) is 25.5. The normalized spacial score (nSPS) is 13.9. The third-order valence-electron chi connectivity index (χ3n) is 32.4. The van der Waals surface area contributed by atoms with Gasteiger partial charge in [0.15, 0.2) is 17.5 Å². The van der Waals surface area contributed by atoms with E-state index in [-0.39, 0.29) is 5.41 Å². The van der Waals surface area contributed by atoms with E-state index in [4.69, 9.17) is 34.3 Å². The molecule has 0 radical (unpaired) electrons. The number of nitrogens with zero attached hydrogens (tertiary/aromatic N) is 10. The van der Waals surface area contributed by atoms with Gasteiger partial charge in [-0.2, -0.15) is 0 Å². The van der Waals surface area contributed by atoms with Crippen LogP contribution in [0.2, 0.25) is 39.3 Å². The third kappa shape index (κ3) is 13.2. The monoisotopic (exact) mass is 1960 g/mol. The maximum Gasteiger partial charge on any atom is 0.159 e. The van der Waals surface area contributed by atoms with Gasteiger partial charge in [0, 0.05) is 148 Å². The minimum atomic E-state index is -2.06. The van der Waals surface area contributed by atoms with E-state index in [0.717, 1.165) is 124 Å². The van der Waals surface area contributed by atoms with Crippen molar-refractivity contribution in [3.63, 3.8) is 0 Å². The van der Waals surface area contributed by atoms with E-state index in [9.17, 15) is 0 Å². The first-order valence-corrected chi connectivity index (χ1v) is 60.6. The second-order valence-corrected chi connectivity index (χ2v) is 55.0. The van der Waals surface area contributed by atoms with Gasteiger partial charge in [0.25, 0.3) is 0 Å². The van der Waals surface area contributed by atoms with Crippen LogP contribution >= 0.6 is 0 Å². The summed E-state index contributed by atoms with van der Waals surface area (Å²) in [7, 11) is -6.13.